The predicted octanol–water partition coefficient (Wildman–Crippen LogP) is 2.32. The maximum atomic E-state index is 11.8. The van der Waals surface area contributed by atoms with Crippen LogP contribution in [0.2, 0.25) is 5.02 Å². The van der Waals surface area contributed by atoms with Crippen LogP contribution >= 0.6 is 22.3 Å². The second-order valence-electron chi connectivity index (χ2n) is 3.76. The summed E-state index contributed by atoms with van der Waals surface area (Å²) in [4.78, 5) is 21.0. The highest BCUT2D eigenvalue weighted by Gasteiger charge is 2.26. The van der Waals surface area contributed by atoms with Gasteiger partial charge in [-0.15, -0.1) is 0 Å². The van der Waals surface area contributed by atoms with Crippen molar-refractivity contribution in [3.63, 3.8) is 0 Å². The zero-order valence-corrected chi connectivity index (χ0v) is 12.5. The number of rotatable bonds is 5. The third kappa shape index (κ3) is 3.81. The minimum absolute atomic E-state index is 0.200. The van der Waals surface area contributed by atoms with Crippen molar-refractivity contribution in [1.29, 1.82) is 0 Å². The monoisotopic (exact) mass is 340 g/mol. The van der Waals surface area contributed by atoms with Crippen molar-refractivity contribution in [1.82, 2.24) is 5.32 Å². The number of nitro groups is 1. The van der Waals surface area contributed by atoms with E-state index in [0.29, 0.717) is 13.0 Å². The van der Waals surface area contributed by atoms with Gasteiger partial charge in [-0.25, -0.2) is 8.42 Å². The first kappa shape index (κ1) is 16.7. The minimum atomic E-state index is -4.31. The Morgan fingerprint density at radius 2 is 2.05 bits per heavy atom. The van der Waals surface area contributed by atoms with Crippen LogP contribution in [0.1, 0.15) is 23.7 Å². The molecule has 0 unspecified atom stereocenters. The van der Waals surface area contributed by atoms with Gasteiger partial charge in [0.1, 0.15) is 9.92 Å². The van der Waals surface area contributed by atoms with E-state index in [1.807, 2.05) is 6.92 Å². The Balaban J connectivity index is 3.45. The number of nitrogens with one attached hydrogen (secondary N) is 1. The number of carbonyl (C=O) groups is 1. The maximum absolute atomic E-state index is 11.8. The minimum Gasteiger partial charge on any atom is -0.352 e. The van der Waals surface area contributed by atoms with E-state index in [9.17, 15) is 23.3 Å². The Labute approximate surface area is 124 Å². The number of nitro benzene ring substituents is 1. The molecule has 0 atom stereocenters. The predicted molar refractivity (Wildman–Crippen MR) is 73.8 cm³/mol. The molecule has 0 aliphatic rings. The van der Waals surface area contributed by atoms with E-state index in [2.05, 4.69) is 5.32 Å². The van der Waals surface area contributed by atoms with Gasteiger partial charge in [0, 0.05) is 28.9 Å². The van der Waals surface area contributed by atoms with Crippen molar-refractivity contribution in [2.24, 2.45) is 0 Å². The number of carbonyl (C=O) groups excluding carboxylic acids is 1. The summed E-state index contributed by atoms with van der Waals surface area (Å²) in [6, 6.07) is 1.81. The van der Waals surface area contributed by atoms with Gasteiger partial charge in [0.25, 0.3) is 20.6 Å². The molecule has 1 aromatic carbocycles. The highest BCUT2D eigenvalue weighted by Crippen LogP contribution is 2.34. The molecule has 110 valence electrons. The molecule has 0 bridgehead atoms. The fourth-order valence-corrected chi connectivity index (χ4v) is 2.92. The Bertz CT molecular complexity index is 660. The van der Waals surface area contributed by atoms with E-state index >= 15 is 0 Å². The molecule has 10 heteroatoms. The molecule has 0 heterocycles. The van der Waals surface area contributed by atoms with E-state index in [-0.39, 0.29) is 5.56 Å². The molecular weight excluding hydrogens is 331 g/mol. The number of halogens is 2. The molecule has 0 aliphatic carbocycles. The fourth-order valence-electron chi connectivity index (χ4n) is 1.37. The second-order valence-corrected chi connectivity index (χ2v) is 6.67. The van der Waals surface area contributed by atoms with Crippen LogP contribution < -0.4 is 5.32 Å². The average Bonchev–Trinajstić information content (AvgIpc) is 2.34. The summed E-state index contributed by atoms with van der Waals surface area (Å²) in [6.07, 6.45) is 0.655. The van der Waals surface area contributed by atoms with Gasteiger partial charge in [-0.05, 0) is 12.5 Å². The van der Waals surface area contributed by atoms with Crippen molar-refractivity contribution in [3.8, 4) is 0 Å². The van der Waals surface area contributed by atoms with Crippen LogP contribution in [0.5, 0.6) is 0 Å². The number of benzene rings is 1. The summed E-state index contributed by atoms with van der Waals surface area (Å²) in [5, 5.41) is 12.7. The number of hydrogen-bond donors (Lipinski definition) is 1. The quantitative estimate of drug-likeness (QED) is 0.502. The molecule has 0 aliphatic heterocycles. The van der Waals surface area contributed by atoms with Crippen LogP contribution in [0.4, 0.5) is 5.69 Å². The Hall–Kier alpha value is -1.38. The smallest absolute Gasteiger partial charge is 0.290 e. The van der Waals surface area contributed by atoms with Gasteiger partial charge in [-0.3, -0.25) is 14.9 Å². The van der Waals surface area contributed by atoms with Gasteiger partial charge in [-0.1, -0.05) is 18.5 Å². The lowest BCUT2D eigenvalue weighted by Gasteiger charge is -2.07. The molecule has 1 aromatic rings. The average molecular weight is 341 g/mol. The molecule has 0 radical (unpaired) electrons. The summed E-state index contributed by atoms with van der Waals surface area (Å²) < 4.78 is 22.7. The Morgan fingerprint density at radius 1 is 1.45 bits per heavy atom. The molecular formula is C10H10Cl2N2O5S. The lowest BCUT2D eigenvalue weighted by Crippen LogP contribution is -2.24. The maximum Gasteiger partial charge on any atom is 0.290 e. The molecule has 0 spiro atoms. The van der Waals surface area contributed by atoms with Gasteiger partial charge in [0.15, 0.2) is 0 Å². The van der Waals surface area contributed by atoms with Crippen molar-refractivity contribution >= 4 is 42.9 Å². The lowest BCUT2D eigenvalue weighted by molar-refractivity contribution is -0.384. The first-order valence-corrected chi connectivity index (χ1v) is 8.08. The van der Waals surface area contributed by atoms with E-state index < -0.39 is 35.5 Å². The highest BCUT2D eigenvalue weighted by atomic mass is 35.7. The van der Waals surface area contributed by atoms with Crippen LogP contribution in [-0.2, 0) is 9.05 Å². The topological polar surface area (TPSA) is 106 Å². The van der Waals surface area contributed by atoms with Crippen molar-refractivity contribution in [3.05, 3.63) is 32.8 Å². The third-order valence-electron chi connectivity index (χ3n) is 2.28. The van der Waals surface area contributed by atoms with Gasteiger partial charge in [0.05, 0.1) is 4.92 Å². The third-order valence-corrected chi connectivity index (χ3v) is 4.13. The van der Waals surface area contributed by atoms with E-state index in [1.165, 1.54) is 0 Å². The highest BCUT2D eigenvalue weighted by molar-refractivity contribution is 8.13. The molecule has 1 N–H and O–H groups in total. The normalized spacial score (nSPS) is 11.2. The molecule has 1 rings (SSSR count). The summed E-state index contributed by atoms with van der Waals surface area (Å²) in [5.74, 6) is -0.645. The second kappa shape index (κ2) is 6.38. The summed E-state index contributed by atoms with van der Waals surface area (Å²) in [6.45, 7) is 2.16. The molecule has 0 saturated heterocycles. The SMILES string of the molecule is CCCNC(=O)c1cc([N+](=O)[O-])c(Cl)c(S(=O)(=O)Cl)c1. The number of nitrogens with zero attached hydrogens (tertiary/aromatic N) is 1. The van der Waals surface area contributed by atoms with Gasteiger partial charge < -0.3 is 5.32 Å². The van der Waals surface area contributed by atoms with Gasteiger partial charge in [-0.2, -0.15) is 0 Å². The largest absolute Gasteiger partial charge is 0.352 e. The van der Waals surface area contributed by atoms with E-state index in [1.54, 1.807) is 0 Å². The fraction of sp³-hybridized carbons (Fsp3) is 0.300. The first-order chi connectivity index (χ1) is 9.18. The number of hydrogen-bond acceptors (Lipinski definition) is 5. The van der Waals surface area contributed by atoms with Crippen LogP contribution in [0.3, 0.4) is 0 Å². The van der Waals surface area contributed by atoms with E-state index in [4.69, 9.17) is 22.3 Å². The Morgan fingerprint density at radius 3 is 2.50 bits per heavy atom. The summed E-state index contributed by atoms with van der Waals surface area (Å²) in [5.41, 5.74) is -0.899. The first-order valence-electron chi connectivity index (χ1n) is 5.39. The van der Waals surface area contributed by atoms with Crippen molar-refractivity contribution in [2.75, 3.05) is 6.54 Å². The zero-order chi connectivity index (χ0) is 15.5. The molecule has 0 aromatic heterocycles. The lowest BCUT2D eigenvalue weighted by atomic mass is 10.2. The van der Waals surface area contributed by atoms with Crippen LogP contribution in [0.15, 0.2) is 17.0 Å². The van der Waals surface area contributed by atoms with E-state index in [0.717, 1.165) is 12.1 Å². The standard InChI is InChI=1S/C10H10Cl2N2O5S/c1-2-3-13-10(15)6-4-7(14(16)17)9(11)8(5-6)20(12,18)19/h4-5H,2-3H2,1H3,(H,13,15). The Kier molecular flexibility index (Phi) is 5.32. The molecule has 0 saturated carbocycles. The molecule has 1 amide bonds. The van der Waals surface area contributed by atoms with Crippen LogP contribution in [0.25, 0.3) is 0 Å². The van der Waals surface area contributed by atoms with Crippen LogP contribution in [-0.4, -0.2) is 25.8 Å². The summed E-state index contributed by atoms with van der Waals surface area (Å²) >= 11 is 5.63. The van der Waals surface area contributed by atoms with Crippen molar-refractivity contribution < 1.29 is 18.1 Å². The van der Waals surface area contributed by atoms with Crippen molar-refractivity contribution in [2.45, 2.75) is 18.2 Å². The van der Waals surface area contributed by atoms with Crippen LogP contribution in [0, 0.1) is 10.1 Å². The molecule has 0 fully saturated rings. The summed E-state index contributed by atoms with van der Waals surface area (Å²) in [7, 11) is 0.845. The van der Waals surface area contributed by atoms with Gasteiger partial charge in [0.2, 0.25) is 0 Å². The molecule has 20 heavy (non-hydrogen) atoms. The van der Waals surface area contributed by atoms with Gasteiger partial charge >= 0.3 is 0 Å². The zero-order valence-electron chi connectivity index (χ0n) is 10.2. The molecule has 7 nitrogen and oxygen atoms in total. The number of amides is 1.